The number of hydrogen-bond acceptors (Lipinski definition) is 2. The van der Waals surface area contributed by atoms with Gasteiger partial charge in [0.1, 0.15) is 0 Å². The molecule has 4 nitrogen and oxygen atoms in total. The van der Waals surface area contributed by atoms with Gasteiger partial charge < -0.3 is 10.0 Å². The van der Waals surface area contributed by atoms with Crippen LogP contribution in [0.4, 0.5) is 0 Å². The molecule has 0 aromatic carbocycles. The summed E-state index contributed by atoms with van der Waals surface area (Å²) in [5, 5.41) is 9.64. The molecule has 1 amide bonds. The number of amides is 1. The molecule has 0 radical (unpaired) electrons. The number of aliphatic carboxylic acids is 1. The first-order chi connectivity index (χ1) is 10.0. The summed E-state index contributed by atoms with van der Waals surface area (Å²) in [6, 6.07) is 0.521. The van der Waals surface area contributed by atoms with Gasteiger partial charge in [-0.2, -0.15) is 0 Å². The fourth-order valence-corrected chi connectivity index (χ4v) is 5.19. The Labute approximate surface area is 126 Å². The van der Waals surface area contributed by atoms with Crippen molar-refractivity contribution in [3.05, 3.63) is 0 Å². The molecule has 118 valence electrons. The predicted molar refractivity (Wildman–Crippen MR) is 79.7 cm³/mol. The lowest BCUT2D eigenvalue weighted by atomic mass is 9.58. The van der Waals surface area contributed by atoms with Crippen molar-refractivity contribution in [3.8, 4) is 0 Å². The lowest BCUT2D eigenvalue weighted by molar-refractivity contribution is -0.165. The molecule has 0 aromatic rings. The van der Waals surface area contributed by atoms with Gasteiger partial charge in [0.25, 0.3) is 0 Å². The van der Waals surface area contributed by atoms with Gasteiger partial charge in [0.05, 0.1) is 11.8 Å². The van der Waals surface area contributed by atoms with Gasteiger partial charge in [-0.3, -0.25) is 9.59 Å². The minimum Gasteiger partial charge on any atom is -0.481 e. The van der Waals surface area contributed by atoms with Crippen molar-refractivity contribution in [3.63, 3.8) is 0 Å². The van der Waals surface area contributed by atoms with E-state index in [9.17, 15) is 14.7 Å². The number of carboxylic acid groups (broad SMARTS) is 1. The van der Waals surface area contributed by atoms with Crippen molar-refractivity contribution < 1.29 is 14.7 Å². The zero-order valence-electron chi connectivity index (χ0n) is 13.1. The fraction of sp³-hybridized carbons (Fsp3) is 0.882. The molecule has 0 spiro atoms. The normalized spacial score (nSPS) is 42.9. The van der Waals surface area contributed by atoms with Crippen LogP contribution in [0, 0.1) is 23.7 Å². The second-order valence-electron chi connectivity index (χ2n) is 7.44. The average Bonchev–Trinajstić information content (AvgIpc) is 2.47. The smallest absolute Gasteiger partial charge is 0.307 e. The molecular weight excluding hydrogens is 266 g/mol. The molecular formula is C17H27NO3. The minimum atomic E-state index is -0.750. The number of carbonyl (C=O) groups is 2. The van der Waals surface area contributed by atoms with E-state index in [2.05, 4.69) is 13.8 Å². The summed E-state index contributed by atoms with van der Waals surface area (Å²) in [5.74, 6) is -0.803. The van der Waals surface area contributed by atoms with Crippen LogP contribution in [-0.2, 0) is 9.59 Å². The zero-order valence-corrected chi connectivity index (χ0v) is 13.1. The molecule has 4 aliphatic rings. The Morgan fingerprint density at radius 1 is 0.857 bits per heavy atom. The van der Waals surface area contributed by atoms with E-state index in [0.29, 0.717) is 5.92 Å². The van der Waals surface area contributed by atoms with Crippen molar-refractivity contribution in [2.75, 3.05) is 0 Å². The summed E-state index contributed by atoms with van der Waals surface area (Å²) in [6.07, 6.45) is 7.35. The number of piperidine rings is 1. The fourth-order valence-electron chi connectivity index (χ4n) is 5.19. The number of carbonyl (C=O) groups excluding carboxylic acids is 1. The van der Waals surface area contributed by atoms with E-state index in [0.717, 1.165) is 38.5 Å². The van der Waals surface area contributed by atoms with E-state index in [1.165, 1.54) is 6.42 Å². The highest BCUT2D eigenvalue weighted by Crippen LogP contribution is 2.50. The topological polar surface area (TPSA) is 57.6 Å². The molecule has 4 rings (SSSR count). The average molecular weight is 293 g/mol. The van der Waals surface area contributed by atoms with Gasteiger partial charge >= 0.3 is 5.97 Å². The molecule has 1 saturated heterocycles. The Morgan fingerprint density at radius 3 is 1.81 bits per heavy atom. The Balaban J connectivity index is 1.86. The lowest BCUT2D eigenvalue weighted by Gasteiger charge is -2.49. The molecule has 1 heterocycles. The molecule has 1 aliphatic heterocycles. The van der Waals surface area contributed by atoms with Crippen LogP contribution < -0.4 is 0 Å². The molecule has 1 N–H and O–H groups in total. The molecule has 0 aromatic heterocycles. The Kier molecular flexibility index (Phi) is 3.98. The van der Waals surface area contributed by atoms with Crippen molar-refractivity contribution in [2.24, 2.45) is 23.7 Å². The first-order valence-electron chi connectivity index (χ1n) is 8.55. The molecule has 4 atom stereocenters. The molecule has 4 heteroatoms. The first-order valence-corrected chi connectivity index (χ1v) is 8.55. The quantitative estimate of drug-likeness (QED) is 0.851. The van der Waals surface area contributed by atoms with Gasteiger partial charge in [0.2, 0.25) is 5.91 Å². The van der Waals surface area contributed by atoms with Crippen molar-refractivity contribution >= 4 is 11.9 Å². The predicted octanol–water partition coefficient (Wildman–Crippen LogP) is 2.91. The second kappa shape index (κ2) is 5.62. The first kappa shape index (κ1) is 14.9. The maximum Gasteiger partial charge on any atom is 0.307 e. The Morgan fingerprint density at radius 2 is 1.33 bits per heavy atom. The number of likely N-dealkylation sites (tertiary alicyclic amines) is 1. The van der Waals surface area contributed by atoms with E-state index in [4.69, 9.17) is 0 Å². The standard InChI is InChI=1S/C17H27NO3/c1-10-4-3-5-11(2)18(10)16(19)14-12-6-8-13(9-7-12)15(14)17(20)21/h10-15H,3-9H2,1-2H3,(H,20,21)/t10-,11-,12?,13?,14-,15+/m1/s1. The SMILES string of the molecule is C[C@@H]1CCC[C@@H](C)N1C(=O)[C@@H]1C2CCC(CC2)[C@@H]1C(=O)O. The number of nitrogens with zero attached hydrogens (tertiary/aromatic N) is 1. The van der Waals surface area contributed by atoms with E-state index in [-0.39, 0.29) is 29.8 Å². The van der Waals surface area contributed by atoms with Crippen LogP contribution in [0.3, 0.4) is 0 Å². The van der Waals surface area contributed by atoms with Gasteiger partial charge in [-0.05, 0) is 70.6 Å². The third-order valence-electron chi connectivity index (χ3n) is 6.24. The van der Waals surface area contributed by atoms with E-state index in [1.54, 1.807) is 0 Å². The molecule has 3 aliphatic carbocycles. The maximum absolute atomic E-state index is 13.1. The van der Waals surface area contributed by atoms with Gasteiger partial charge in [0, 0.05) is 12.1 Å². The number of fused-ring (bicyclic) bond motifs is 3. The van der Waals surface area contributed by atoms with E-state index in [1.807, 2.05) is 4.90 Å². The Hall–Kier alpha value is -1.06. The highest BCUT2D eigenvalue weighted by atomic mass is 16.4. The van der Waals surface area contributed by atoms with Crippen LogP contribution >= 0.6 is 0 Å². The number of carboxylic acids is 1. The summed E-state index contributed by atoms with van der Waals surface area (Å²) in [6.45, 7) is 4.23. The maximum atomic E-state index is 13.1. The molecule has 4 fully saturated rings. The van der Waals surface area contributed by atoms with Crippen LogP contribution in [0.5, 0.6) is 0 Å². The zero-order chi connectivity index (χ0) is 15.1. The van der Waals surface area contributed by atoms with Crippen LogP contribution in [0.1, 0.15) is 58.8 Å². The summed E-state index contributed by atoms with van der Waals surface area (Å²) in [5.41, 5.74) is 0. The van der Waals surface area contributed by atoms with Gasteiger partial charge in [0.15, 0.2) is 0 Å². The summed E-state index contributed by atoms with van der Waals surface area (Å²) >= 11 is 0. The molecule has 3 saturated carbocycles. The van der Waals surface area contributed by atoms with E-state index < -0.39 is 11.9 Å². The Bertz CT molecular complexity index is 418. The highest BCUT2D eigenvalue weighted by molar-refractivity contribution is 5.86. The second-order valence-corrected chi connectivity index (χ2v) is 7.44. The largest absolute Gasteiger partial charge is 0.481 e. The third-order valence-corrected chi connectivity index (χ3v) is 6.24. The number of hydrogen-bond donors (Lipinski definition) is 1. The lowest BCUT2D eigenvalue weighted by Crippen LogP contribution is -2.56. The van der Waals surface area contributed by atoms with Crippen molar-refractivity contribution in [2.45, 2.75) is 70.9 Å². The highest BCUT2D eigenvalue weighted by Gasteiger charge is 2.52. The number of rotatable bonds is 2. The van der Waals surface area contributed by atoms with Crippen LogP contribution in [0.2, 0.25) is 0 Å². The molecule has 0 unspecified atom stereocenters. The van der Waals surface area contributed by atoms with Gasteiger partial charge in [-0.15, -0.1) is 0 Å². The third kappa shape index (κ3) is 2.47. The van der Waals surface area contributed by atoms with Crippen LogP contribution in [-0.4, -0.2) is 34.0 Å². The van der Waals surface area contributed by atoms with Gasteiger partial charge in [-0.25, -0.2) is 0 Å². The van der Waals surface area contributed by atoms with Crippen molar-refractivity contribution in [1.29, 1.82) is 0 Å². The van der Waals surface area contributed by atoms with Crippen molar-refractivity contribution in [1.82, 2.24) is 4.90 Å². The molecule has 2 bridgehead atoms. The summed E-state index contributed by atoms with van der Waals surface area (Å²) in [7, 11) is 0. The summed E-state index contributed by atoms with van der Waals surface area (Å²) in [4.78, 5) is 26.9. The summed E-state index contributed by atoms with van der Waals surface area (Å²) < 4.78 is 0. The van der Waals surface area contributed by atoms with Crippen LogP contribution in [0.25, 0.3) is 0 Å². The molecule has 21 heavy (non-hydrogen) atoms. The van der Waals surface area contributed by atoms with E-state index >= 15 is 0 Å². The van der Waals surface area contributed by atoms with Crippen LogP contribution in [0.15, 0.2) is 0 Å². The monoisotopic (exact) mass is 293 g/mol. The minimum absolute atomic E-state index is 0.136. The van der Waals surface area contributed by atoms with Gasteiger partial charge in [-0.1, -0.05) is 0 Å².